The van der Waals surface area contributed by atoms with E-state index < -0.39 is 12.9 Å². The van der Waals surface area contributed by atoms with Crippen LogP contribution in [0.15, 0.2) is 18.2 Å². The molecule has 0 aliphatic carbocycles. The monoisotopic (exact) mass is 440 g/mol. The molecule has 4 rings (SSSR count). The van der Waals surface area contributed by atoms with Crippen molar-refractivity contribution in [2.45, 2.75) is 51.0 Å². The average molecular weight is 440 g/mol. The number of tetrazole rings is 1. The molecule has 2 aliphatic heterocycles. The molecule has 1 aromatic carbocycles. The Kier molecular flexibility index (Phi) is 6.61. The second kappa shape index (κ2) is 9.57. The van der Waals surface area contributed by atoms with Crippen LogP contribution in [0.1, 0.15) is 41.5 Å². The standard InChI is InChI=1S/C20H25BN6O5/c1-12(28)17-4-2-3-13-7-14(21(31)32-20(13)17)8-16(29)9-18-24-25-26-27(18)11-19(30)23-15-5-6-22-10-15/h2-4,14-15,22,31H,5-11H2,1H3,(H,23,30)/t14-,15+/m1/s1. The topological polar surface area (TPSA) is 148 Å². The maximum atomic E-state index is 12.7. The summed E-state index contributed by atoms with van der Waals surface area (Å²) in [7, 11) is -1.20. The van der Waals surface area contributed by atoms with Crippen molar-refractivity contribution in [3.8, 4) is 5.75 Å². The molecule has 2 aliphatic rings. The summed E-state index contributed by atoms with van der Waals surface area (Å²) in [6, 6.07) is 5.32. The van der Waals surface area contributed by atoms with E-state index in [1.165, 1.54) is 11.6 Å². The highest BCUT2D eigenvalue weighted by molar-refractivity contribution is 6.47. The van der Waals surface area contributed by atoms with Gasteiger partial charge in [-0.25, -0.2) is 4.68 Å². The van der Waals surface area contributed by atoms with Gasteiger partial charge in [0, 0.05) is 24.8 Å². The van der Waals surface area contributed by atoms with Gasteiger partial charge in [-0.2, -0.15) is 0 Å². The number of amides is 1. The lowest BCUT2D eigenvalue weighted by Crippen LogP contribution is -2.38. The third-order valence-corrected chi connectivity index (χ3v) is 5.77. The molecule has 1 amide bonds. The number of Topliss-reactive ketones (excluding diaryl/α,β-unsaturated/α-hetero) is 2. The van der Waals surface area contributed by atoms with Crippen LogP contribution in [0.25, 0.3) is 0 Å². The van der Waals surface area contributed by atoms with Gasteiger partial charge in [-0.05, 0) is 48.4 Å². The van der Waals surface area contributed by atoms with E-state index in [-0.39, 0.29) is 42.9 Å². The Morgan fingerprint density at radius 1 is 1.38 bits per heavy atom. The first-order valence-electron chi connectivity index (χ1n) is 10.6. The van der Waals surface area contributed by atoms with Crippen LogP contribution in [0.2, 0.25) is 5.82 Å². The number of carbonyl (C=O) groups is 3. The van der Waals surface area contributed by atoms with E-state index in [9.17, 15) is 19.4 Å². The third kappa shape index (κ3) is 5.02. The van der Waals surface area contributed by atoms with E-state index >= 15 is 0 Å². The van der Waals surface area contributed by atoms with Crippen LogP contribution >= 0.6 is 0 Å². The molecule has 1 saturated heterocycles. The third-order valence-electron chi connectivity index (χ3n) is 5.77. The molecule has 0 bridgehead atoms. The Morgan fingerprint density at radius 2 is 2.22 bits per heavy atom. The number of ketones is 2. The number of fused-ring (bicyclic) bond motifs is 1. The maximum absolute atomic E-state index is 12.7. The van der Waals surface area contributed by atoms with Crippen LogP contribution in [0.3, 0.4) is 0 Å². The summed E-state index contributed by atoms with van der Waals surface area (Å²) >= 11 is 0. The van der Waals surface area contributed by atoms with Gasteiger partial charge in [-0.1, -0.05) is 12.1 Å². The molecule has 2 atom stereocenters. The number of nitrogens with one attached hydrogen (secondary N) is 2. The smallest absolute Gasteiger partial charge is 0.526 e. The summed E-state index contributed by atoms with van der Waals surface area (Å²) < 4.78 is 6.91. The zero-order valence-electron chi connectivity index (χ0n) is 17.8. The minimum Gasteiger partial charge on any atom is -0.535 e. The van der Waals surface area contributed by atoms with Gasteiger partial charge in [0.1, 0.15) is 18.1 Å². The van der Waals surface area contributed by atoms with Crippen molar-refractivity contribution in [1.82, 2.24) is 30.8 Å². The molecule has 11 nitrogen and oxygen atoms in total. The maximum Gasteiger partial charge on any atom is 0.526 e. The SMILES string of the molecule is CC(=O)c1cccc2c1OB(O)[C@@H](CC(=O)Cc1nnnn1CC(=O)N[C@H]1CCNC1)C2. The lowest BCUT2D eigenvalue weighted by Gasteiger charge is -2.28. The molecular formula is C20H25BN6O5. The Bertz CT molecular complexity index is 1020. The second-order valence-electron chi connectivity index (χ2n) is 8.25. The van der Waals surface area contributed by atoms with Crippen LogP contribution < -0.4 is 15.3 Å². The quantitative estimate of drug-likeness (QED) is 0.359. The Hall–Kier alpha value is -3.12. The summed E-state index contributed by atoms with van der Waals surface area (Å²) in [4.78, 5) is 36.7. The van der Waals surface area contributed by atoms with Crippen LogP contribution in [-0.2, 0) is 29.0 Å². The minimum absolute atomic E-state index is 0.0533. The van der Waals surface area contributed by atoms with Crippen molar-refractivity contribution in [2.24, 2.45) is 0 Å². The van der Waals surface area contributed by atoms with Crippen molar-refractivity contribution in [3.63, 3.8) is 0 Å². The van der Waals surface area contributed by atoms with E-state index in [1.807, 2.05) is 6.07 Å². The van der Waals surface area contributed by atoms with E-state index in [4.69, 9.17) is 4.65 Å². The molecule has 32 heavy (non-hydrogen) atoms. The highest BCUT2D eigenvalue weighted by Crippen LogP contribution is 2.36. The molecule has 0 radical (unpaired) electrons. The van der Waals surface area contributed by atoms with E-state index in [2.05, 4.69) is 26.2 Å². The lowest BCUT2D eigenvalue weighted by molar-refractivity contribution is -0.123. The molecule has 1 fully saturated rings. The van der Waals surface area contributed by atoms with Crippen LogP contribution in [0.5, 0.6) is 5.75 Å². The molecule has 0 spiro atoms. The van der Waals surface area contributed by atoms with Crippen LogP contribution in [-0.4, -0.2) is 69.0 Å². The Morgan fingerprint density at radius 3 is 2.97 bits per heavy atom. The molecule has 3 N–H and O–H groups in total. The fourth-order valence-electron chi connectivity index (χ4n) is 4.14. The highest BCUT2D eigenvalue weighted by atomic mass is 16.5. The zero-order valence-corrected chi connectivity index (χ0v) is 17.8. The van der Waals surface area contributed by atoms with E-state index in [0.717, 1.165) is 25.1 Å². The number of hydrogen-bond donors (Lipinski definition) is 3. The number of hydrogen-bond acceptors (Lipinski definition) is 9. The molecule has 0 unspecified atom stereocenters. The number of carbonyl (C=O) groups excluding carboxylic acids is 3. The number of para-hydroxylation sites is 1. The van der Waals surface area contributed by atoms with Crippen LogP contribution in [0.4, 0.5) is 0 Å². The van der Waals surface area contributed by atoms with Gasteiger partial charge >= 0.3 is 7.12 Å². The summed E-state index contributed by atoms with van der Waals surface area (Å²) in [5.74, 6) is -0.332. The van der Waals surface area contributed by atoms with E-state index in [0.29, 0.717) is 23.6 Å². The molecule has 0 saturated carbocycles. The molecule has 2 aromatic rings. The predicted molar refractivity (Wildman–Crippen MR) is 113 cm³/mol. The summed E-state index contributed by atoms with van der Waals surface area (Å²) in [5, 5.41) is 27.8. The largest absolute Gasteiger partial charge is 0.535 e. The Labute approximate surface area is 185 Å². The molecular weight excluding hydrogens is 415 g/mol. The van der Waals surface area contributed by atoms with Crippen molar-refractivity contribution in [1.29, 1.82) is 0 Å². The van der Waals surface area contributed by atoms with Gasteiger partial charge in [0.2, 0.25) is 5.91 Å². The van der Waals surface area contributed by atoms with Gasteiger partial charge < -0.3 is 20.3 Å². The number of nitrogens with zero attached hydrogens (tertiary/aromatic N) is 4. The molecule has 168 valence electrons. The number of aromatic nitrogens is 4. The second-order valence-corrected chi connectivity index (χ2v) is 8.25. The Balaban J connectivity index is 1.35. The van der Waals surface area contributed by atoms with Gasteiger partial charge in [-0.3, -0.25) is 14.4 Å². The van der Waals surface area contributed by atoms with Gasteiger partial charge in [0.25, 0.3) is 0 Å². The highest BCUT2D eigenvalue weighted by Gasteiger charge is 2.37. The van der Waals surface area contributed by atoms with Crippen molar-refractivity contribution in [2.75, 3.05) is 13.1 Å². The van der Waals surface area contributed by atoms with Crippen molar-refractivity contribution >= 4 is 24.6 Å². The van der Waals surface area contributed by atoms with Crippen molar-refractivity contribution in [3.05, 3.63) is 35.2 Å². The first-order chi connectivity index (χ1) is 15.4. The fourth-order valence-corrected chi connectivity index (χ4v) is 4.14. The molecule has 12 heteroatoms. The first-order valence-corrected chi connectivity index (χ1v) is 10.6. The molecule has 3 heterocycles. The predicted octanol–water partition coefficient (Wildman–Crippen LogP) is -0.659. The zero-order chi connectivity index (χ0) is 22.7. The molecule has 1 aromatic heterocycles. The van der Waals surface area contributed by atoms with Crippen LogP contribution in [0, 0.1) is 0 Å². The van der Waals surface area contributed by atoms with Gasteiger partial charge in [-0.15, -0.1) is 5.10 Å². The average Bonchev–Trinajstić information content (AvgIpc) is 3.40. The fraction of sp³-hybridized carbons (Fsp3) is 0.500. The number of rotatable bonds is 8. The summed E-state index contributed by atoms with van der Waals surface area (Å²) in [5.41, 5.74) is 1.20. The normalized spacial score (nSPS) is 19.9. The summed E-state index contributed by atoms with van der Waals surface area (Å²) in [6.07, 6.45) is 1.27. The lowest BCUT2D eigenvalue weighted by atomic mass is 9.64. The minimum atomic E-state index is -1.20. The van der Waals surface area contributed by atoms with E-state index in [1.54, 1.807) is 12.1 Å². The van der Waals surface area contributed by atoms with Gasteiger partial charge in [0.05, 0.1) is 12.0 Å². The summed E-state index contributed by atoms with van der Waals surface area (Å²) in [6.45, 7) is 2.97. The van der Waals surface area contributed by atoms with Crippen molar-refractivity contribution < 1.29 is 24.1 Å². The first kappa shape index (κ1) is 22.1. The number of benzene rings is 1. The van der Waals surface area contributed by atoms with Gasteiger partial charge in [0.15, 0.2) is 11.6 Å².